The lowest BCUT2D eigenvalue weighted by Crippen LogP contribution is -2.45. The van der Waals surface area contributed by atoms with Gasteiger partial charge in [-0.1, -0.05) is 0 Å². The molecule has 0 radical (unpaired) electrons. The van der Waals surface area contributed by atoms with E-state index in [-0.39, 0.29) is 17.3 Å². The first-order valence-corrected chi connectivity index (χ1v) is 7.37. The Morgan fingerprint density at radius 3 is 2.87 bits per heavy atom. The molecule has 1 aromatic heterocycles. The van der Waals surface area contributed by atoms with Crippen LogP contribution in [0.3, 0.4) is 0 Å². The Labute approximate surface area is 131 Å². The Morgan fingerprint density at radius 2 is 2.17 bits per heavy atom. The predicted octanol–water partition coefficient (Wildman–Crippen LogP) is 0.918. The second kappa shape index (κ2) is 6.17. The van der Waals surface area contributed by atoms with Crippen molar-refractivity contribution >= 4 is 22.5 Å². The number of nitrogens with one attached hydrogen (secondary N) is 3. The van der Waals surface area contributed by atoms with E-state index >= 15 is 0 Å². The van der Waals surface area contributed by atoms with Crippen molar-refractivity contribution in [1.82, 2.24) is 15.6 Å². The molecule has 1 atom stereocenters. The van der Waals surface area contributed by atoms with Crippen LogP contribution in [0, 0.1) is 10.1 Å². The summed E-state index contributed by atoms with van der Waals surface area (Å²) in [7, 11) is 0. The lowest BCUT2D eigenvalue weighted by molar-refractivity contribution is -0.384. The number of fused-ring (bicyclic) bond motifs is 1. The molecule has 1 aliphatic rings. The highest BCUT2D eigenvalue weighted by atomic mass is 16.6. The number of H-pyrrole nitrogens is 1. The highest BCUT2D eigenvalue weighted by Crippen LogP contribution is 2.21. The second-order valence-corrected chi connectivity index (χ2v) is 5.55. The quantitative estimate of drug-likeness (QED) is 0.575. The van der Waals surface area contributed by atoms with Gasteiger partial charge in [0.25, 0.3) is 11.6 Å². The molecule has 2 heterocycles. The summed E-state index contributed by atoms with van der Waals surface area (Å²) >= 11 is 0. The standard InChI is InChI=1S/C15H16N4O4/c20-14-7-12(15(21)17-9-2-1-5-16-8-9)11-6-10(19(22)23)3-4-13(11)18-14/h3-4,6-7,9,16H,1-2,5,8H2,(H,17,21)(H,18,20)/t9-/m0/s1. The molecule has 120 valence electrons. The van der Waals surface area contributed by atoms with Gasteiger partial charge in [-0.15, -0.1) is 0 Å². The molecule has 0 spiro atoms. The molecule has 0 saturated carbocycles. The number of aromatic amines is 1. The molecule has 1 saturated heterocycles. The first-order valence-electron chi connectivity index (χ1n) is 7.37. The third-order valence-corrected chi connectivity index (χ3v) is 3.91. The fourth-order valence-corrected chi connectivity index (χ4v) is 2.78. The van der Waals surface area contributed by atoms with Crippen molar-refractivity contribution in [2.45, 2.75) is 18.9 Å². The van der Waals surface area contributed by atoms with Gasteiger partial charge in [0.2, 0.25) is 5.56 Å². The van der Waals surface area contributed by atoms with Crippen LogP contribution in [-0.4, -0.2) is 34.9 Å². The van der Waals surface area contributed by atoms with Crippen LogP contribution in [0.4, 0.5) is 5.69 Å². The Bertz CT molecular complexity index is 824. The first kappa shape index (κ1) is 15.2. The van der Waals surface area contributed by atoms with E-state index in [0.29, 0.717) is 17.4 Å². The Kier molecular flexibility index (Phi) is 4.07. The molecule has 0 bridgehead atoms. The lowest BCUT2D eigenvalue weighted by Gasteiger charge is -2.24. The molecule has 0 aliphatic carbocycles. The number of carbonyl (C=O) groups excluding carboxylic acids is 1. The van der Waals surface area contributed by atoms with Crippen molar-refractivity contribution in [3.05, 3.63) is 50.3 Å². The maximum atomic E-state index is 12.5. The molecule has 2 aromatic rings. The van der Waals surface area contributed by atoms with Crippen LogP contribution in [0.1, 0.15) is 23.2 Å². The van der Waals surface area contributed by atoms with Crippen molar-refractivity contribution in [2.24, 2.45) is 0 Å². The Balaban J connectivity index is 2.00. The monoisotopic (exact) mass is 316 g/mol. The fourth-order valence-electron chi connectivity index (χ4n) is 2.78. The zero-order valence-electron chi connectivity index (χ0n) is 12.3. The predicted molar refractivity (Wildman–Crippen MR) is 84.6 cm³/mol. The van der Waals surface area contributed by atoms with Crippen LogP contribution in [-0.2, 0) is 0 Å². The van der Waals surface area contributed by atoms with Crippen LogP contribution in [0.15, 0.2) is 29.1 Å². The van der Waals surface area contributed by atoms with Gasteiger partial charge in [0, 0.05) is 41.7 Å². The summed E-state index contributed by atoms with van der Waals surface area (Å²) in [4.78, 5) is 37.2. The number of carbonyl (C=O) groups is 1. The average Bonchev–Trinajstić information content (AvgIpc) is 2.54. The van der Waals surface area contributed by atoms with E-state index in [1.54, 1.807) is 0 Å². The fraction of sp³-hybridized carbons (Fsp3) is 0.333. The Hall–Kier alpha value is -2.74. The number of hydrogen-bond donors (Lipinski definition) is 3. The average molecular weight is 316 g/mol. The number of rotatable bonds is 3. The van der Waals surface area contributed by atoms with Gasteiger partial charge in [0.1, 0.15) is 0 Å². The molecule has 1 aliphatic heterocycles. The summed E-state index contributed by atoms with van der Waals surface area (Å²) in [6, 6.07) is 5.21. The van der Waals surface area contributed by atoms with Gasteiger partial charge in [-0.2, -0.15) is 0 Å². The summed E-state index contributed by atoms with van der Waals surface area (Å²) in [6.07, 6.45) is 1.83. The number of aromatic nitrogens is 1. The van der Waals surface area contributed by atoms with Gasteiger partial charge in [-0.25, -0.2) is 0 Å². The smallest absolute Gasteiger partial charge is 0.270 e. The minimum absolute atomic E-state index is 0.00992. The van der Waals surface area contributed by atoms with Crippen LogP contribution in [0.5, 0.6) is 0 Å². The molecular formula is C15H16N4O4. The van der Waals surface area contributed by atoms with E-state index in [4.69, 9.17) is 0 Å². The largest absolute Gasteiger partial charge is 0.348 e. The molecule has 8 heteroatoms. The molecular weight excluding hydrogens is 300 g/mol. The third kappa shape index (κ3) is 3.21. The number of nitrogens with zero attached hydrogens (tertiary/aromatic N) is 1. The minimum atomic E-state index is -0.530. The molecule has 8 nitrogen and oxygen atoms in total. The van der Waals surface area contributed by atoms with E-state index in [0.717, 1.165) is 19.4 Å². The van der Waals surface area contributed by atoms with E-state index in [1.807, 2.05) is 0 Å². The zero-order valence-corrected chi connectivity index (χ0v) is 12.3. The molecule has 1 amide bonds. The SMILES string of the molecule is O=C(N[C@H]1CCCNC1)c1cc(=O)[nH]c2ccc([N+](=O)[O-])cc12. The van der Waals surface area contributed by atoms with Crippen molar-refractivity contribution in [2.75, 3.05) is 13.1 Å². The number of piperidine rings is 1. The Morgan fingerprint density at radius 1 is 1.35 bits per heavy atom. The number of hydrogen-bond acceptors (Lipinski definition) is 5. The van der Waals surface area contributed by atoms with Crippen molar-refractivity contribution in [1.29, 1.82) is 0 Å². The number of nitro groups is 1. The van der Waals surface area contributed by atoms with Gasteiger partial charge in [0.15, 0.2) is 0 Å². The lowest BCUT2D eigenvalue weighted by atomic mass is 10.0. The molecule has 23 heavy (non-hydrogen) atoms. The van der Waals surface area contributed by atoms with Crippen LogP contribution < -0.4 is 16.2 Å². The minimum Gasteiger partial charge on any atom is -0.348 e. The molecule has 3 rings (SSSR count). The maximum absolute atomic E-state index is 12.5. The molecule has 3 N–H and O–H groups in total. The number of nitro benzene ring substituents is 1. The number of pyridine rings is 1. The zero-order chi connectivity index (χ0) is 16.4. The first-order chi connectivity index (χ1) is 11.0. The molecule has 0 unspecified atom stereocenters. The van der Waals surface area contributed by atoms with Crippen LogP contribution in [0.25, 0.3) is 10.9 Å². The van der Waals surface area contributed by atoms with Gasteiger partial charge in [-0.05, 0) is 25.5 Å². The number of non-ortho nitro benzene ring substituents is 1. The normalized spacial score (nSPS) is 17.8. The highest BCUT2D eigenvalue weighted by Gasteiger charge is 2.19. The van der Waals surface area contributed by atoms with E-state index in [9.17, 15) is 19.7 Å². The van der Waals surface area contributed by atoms with Gasteiger partial charge in [-0.3, -0.25) is 19.7 Å². The molecule has 1 fully saturated rings. The third-order valence-electron chi connectivity index (χ3n) is 3.91. The van der Waals surface area contributed by atoms with Crippen molar-refractivity contribution < 1.29 is 9.72 Å². The van der Waals surface area contributed by atoms with Crippen molar-refractivity contribution in [3.63, 3.8) is 0 Å². The summed E-state index contributed by atoms with van der Waals surface area (Å²) in [6.45, 7) is 1.60. The summed E-state index contributed by atoms with van der Waals surface area (Å²) < 4.78 is 0. The number of benzene rings is 1. The van der Waals surface area contributed by atoms with Crippen molar-refractivity contribution in [3.8, 4) is 0 Å². The summed E-state index contributed by atoms with van der Waals surface area (Å²) in [5.41, 5.74) is 0.00393. The second-order valence-electron chi connectivity index (χ2n) is 5.55. The highest BCUT2D eigenvalue weighted by molar-refractivity contribution is 6.06. The van der Waals surface area contributed by atoms with E-state index in [1.165, 1.54) is 24.3 Å². The maximum Gasteiger partial charge on any atom is 0.270 e. The van der Waals surface area contributed by atoms with Gasteiger partial charge >= 0.3 is 0 Å². The molecule has 1 aromatic carbocycles. The van der Waals surface area contributed by atoms with Crippen LogP contribution in [0.2, 0.25) is 0 Å². The van der Waals surface area contributed by atoms with E-state index < -0.39 is 16.4 Å². The van der Waals surface area contributed by atoms with Crippen LogP contribution >= 0.6 is 0 Å². The summed E-state index contributed by atoms with van der Waals surface area (Å²) in [5.74, 6) is -0.393. The van der Waals surface area contributed by atoms with Gasteiger partial charge in [0.05, 0.1) is 10.5 Å². The number of amides is 1. The van der Waals surface area contributed by atoms with Gasteiger partial charge < -0.3 is 15.6 Å². The van der Waals surface area contributed by atoms with E-state index in [2.05, 4.69) is 15.6 Å². The topological polar surface area (TPSA) is 117 Å². The summed E-state index contributed by atoms with van der Waals surface area (Å²) in [5, 5.41) is 17.4.